The summed E-state index contributed by atoms with van der Waals surface area (Å²) >= 11 is 0. The van der Waals surface area contributed by atoms with Crippen LogP contribution in [0.4, 0.5) is 10.5 Å². The molecular formula is C19H15N3O3. The number of carbonyl (C=O) groups is 1. The van der Waals surface area contributed by atoms with E-state index in [1.807, 2.05) is 36.4 Å². The second kappa shape index (κ2) is 6.89. The van der Waals surface area contributed by atoms with E-state index in [1.165, 1.54) is 11.1 Å². The number of aromatic amines is 1. The van der Waals surface area contributed by atoms with E-state index in [-0.39, 0.29) is 17.6 Å². The fourth-order valence-electron chi connectivity index (χ4n) is 2.42. The molecule has 25 heavy (non-hydrogen) atoms. The van der Waals surface area contributed by atoms with E-state index in [9.17, 15) is 9.59 Å². The van der Waals surface area contributed by atoms with Crippen LogP contribution in [0.3, 0.4) is 0 Å². The number of nitriles is 1. The number of H-pyrrole nitrogens is 1. The minimum atomic E-state index is -0.501. The average molecular weight is 333 g/mol. The molecule has 2 aromatic carbocycles. The predicted molar refractivity (Wildman–Crippen MR) is 94.3 cm³/mol. The minimum absolute atomic E-state index is 0.0517. The summed E-state index contributed by atoms with van der Waals surface area (Å²) < 4.78 is 5.29. The van der Waals surface area contributed by atoms with Gasteiger partial charge in [0.1, 0.15) is 18.2 Å². The Morgan fingerprint density at radius 1 is 1.24 bits per heavy atom. The second-order valence-corrected chi connectivity index (χ2v) is 5.47. The Morgan fingerprint density at radius 3 is 2.72 bits per heavy atom. The van der Waals surface area contributed by atoms with Crippen molar-refractivity contribution in [2.75, 3.05) is 11.9 Å². The molecule has 0 atom stereocenters. The molecule has 1 heterocycles. The molecule has 0 saturated heterocycles. The predicted octanol–water partition coefficient (Wildman–Crippen LogP) is 3.17. The van der Waals surface area contributed by atoms with Crippen molar-refractivity contribution >= 4 is 22.7 Å². The number of hydrogen-bond donors (Lipinski definition) is 1. The zero-order chi connectivity index (χ0) is 17.8. The molecule has 0 saturated carbocycles. The van der Waals surface area contributed by atoms with Crippen LogP contribution < -0.4 is 10.3 Å². The highest BCUT2D eigenvalue weighted by molar-refractivity contribution is 5.91. The van der Waals surface area contributed by atoms with E-state index in [1.54, 1.807) is 25.2 Å². The average Bonchev–Trinajstić information content (AvgIpc) is 2.66. The zero-order valence-corrected chi connectivity index (χ0v) is 13.5. The van der Waals surface area contributed by atoms with Crippen LogP contribution in [0.15, 0.2) is 59.5 Å². The third-order valence-corrected chi connectivity index (χ3v) is 3.85. The Hall–Kier alpha value is -3.59. The number of nitrogens with one attached hydrogen (secondary N) is 1. The van der Waals surface area contributed by atoms with Gasteiger partial charge in [0.25, 0.3) is 0 Å². The number of ether oxygens (including phenoxy) is 1. The largest absolute Gasteiger partial charge is 0.444 e. The van der Waals surface area contributed by atoms with Crippen LogP contribution >= 0.6 is 0 Å². The Morgan fingerprint density at radius 2 is 2.00 bits per heavy atom. The van der Waals surface area contributed by atoms with E-state index in [0.29, 0.717) is 16.6 Å². The van der Waals surface area contributed by atoms with Gasteiger partial charge in [-0.05, 0) is 23.8 Å². The fourth-order valence-corrected chi connectivity index (χ4v) is 2.42. The first-order chi connectivity index (χ1) is 12.1. The maximum absolute atomic E-state index is 12.2. The van der Waals surface area contributed by atoms with E-state index in [0.717, 1.165) is 5.56 Å². The van der Waals surface area contributed by atoms with Crippen molar-refractivity contribution in [3.05, 3.63) is 76.1 Å². The summed E-state index contributed by atoms with van der Waals surface area (Å²) in [6.45, 7) is 0.181. The Labute approximate surface area is 143 Å². The van der Waals surface area contributed by atoms with Gasteiger partial charge >= 0.3 is 6.09 Å². The van der Waals surface area contributed by atoms with E-state index in [4.69, 9.17) is 10.00 Å². The SMILES string of the molecule is CN(C(=O)OCc1ccccc1)c1ccc2c(=O)c(C#N)c[nH]c2c1. The molecule has 3 aromatic rings. The van der Waals surface area contributed by atoms with Crippen molar-refractivity contribution in [2.24, 2.45) is 0 Å². The highest BCUT2D eigenvalue weighted by Crippen LogP contribution is 2.19. The van der Waals surface area contributed by atoms with Gasteiger partial charge in [0.15, 0.2) is 0 Å². The van der Waals surface area contributed by atoms with Gasteiger partial charge in [0.05, 0.1) is 5.52 Å². The van der Waals surface area contributed by atoms with Crippen molar-refractivity contribution in [2.45, 2.75) is 6.61 Å². The van der Waals surface area contributed by atoms with Gasteiger partial charge < -0.3 is 9.72 Å². The van der Waals surface area contributed by atoms with Crippen molar-refractivity contribution in [1.82, 2.24) is 4.98 Å². The van der Waals surface area contributed by atoms with Crippen LogP contribution in [0.5, 0.6) is 0 Å². The third-order valence-electron chi connectivity index (χ3n) is 3.85. The van der Waals surface area contributed by atoms with E-state index in [2.05, 4.69) is 4.98 Å². The van der Waals surface area contributed by atoms with Crippen LogP contribution in [0, 0.1) is 11.3 Å². The lowest BCUT2D eigenvalue weighted by Crippen LogP contribution is -2.27. The molecule has 6 heteroatoms. The normalized spacial score (nSPS) is 10.2. The number of amides is 1. The Kier molecular flexibility index (Phi) is 4.48. The molecule has 0 aliphatic rings. The van der Waals surface area contributed by atoms with E-state index >= 15 is 0 Å². The maximum atomic E-state index is 12.2. The van der Waals surface area contributed by atoms with Gasteiger partial charge in [0, 0.05) is 24.3 Å². The molecule has 0 fully saturated rings. The molecule has 6 nitrogen and oxygen atoms in total. The maximum Gasteiger partial charge on any atom is 0.414 e. The highest BCUT2D eigenvalue weighted by atomic mass is 16.6. The number of pyridine rings is 1. The first kappa shape index (κ1) is 16.3. The van der Waals surface area contributed by atoms with Crippen molar-refractivity contribution in [3.63, 3.8) is 0 Å². The van der Waals surface area contributed by atoms with E-state index < -0.39 is 6.09 Å². The van der Waals surface area contributed by atoms with Crippen molar-refractivity contribution in [3.8, 4) is 6.07 Å². The number of aromatic nitrogens is 1. The minimum Gasteiger partial charge on any atom is -0.444 e. The van der Waals surface area contributed by atoms with Crippen molar-refractivity contribution < 1.29 is 9.53 Å². The van der Waals surface area contributed by atoms with Gasteiger partial charge in [-0.1, -0.05) is 30.3 Å². The molecule has 0 unspecified atom stereocenters. The van der Waals surface area contributed by atoms with Gasteiger partial charge in [-0.3, -0.25) is 9.69 Å². The first-order valence-corrected chi connectivity index (χ1v) is 7.60. The monoisotopic (exact) mass is 333 g/mol. The topological polar surface area (TPSA) is 86.2 Å². The van der Waals surface area contributed by atoms with Gasteiger partial charge in [-0.2, -0.15) is 5.26 Å². The van der Waals surface area contributed by atoms with Gasteiger partial charge in [-0.25, -0.2) is 4.79 Å². The zero-order valence-electron chi connectivity index (χ0n) is 13.5. The summed E-state index contributed by atoms with van der Waals surface area (Å²) in [5, 5.41) is 9.30. The smallest absolute Gasteiger partial charge is 0.414 e. The molecule has 1 amide bonds. The summed E-state index contributed by atoms with van der Waals surface area (Å²) in [6, 6.07) is 16.1. The van der Waals surface area contributed by atoms with Crippen molar-refractivity contribution in [1.29, 1.82) is 5.26 Å². The molecule has 1 N–H and O–H groups in total. The number of rotatable bonds is 3. The quantitative estimate of drug-likeness (QED) is 0.797. The molecule has 0 aliphatic carbocycles. The summed E-state index contributed by atoms with van der Waals surface area (Å²) in [5.74, 6) is 0. The number of anilines is 1. The fraction of sp³-hybridized carbons (Fsp3) is 0.105. The summed E-state index contributed by atoms with van der Waals surface area (Å²) in [7, 11) is 1.59. The Bertz CT molecular complexity index is 1020. The molecule has 124 valence electrons. The molecule has 1 aromatic heterocycles. The summed E-state index contributed by atoms with van der Waals surface area (Å²) in [6.07, 6.45) is 0.863. The molecule has 0 spiro atoms. The highest BCUT2D eigenvalue weighted by Gasteiger charge is 2.14. The molecule has 0 radical (unpaired) electrons. The van der Waals surface area contributed by atoms with Crippen LogP contribution in [0.1, 0.15) is 11.1 Å². The van der Waals surface area contributed by atoms with Crippen LogP contribution in [0.2, 0.25) is 0 Å². The second-order valence-electron chi connectivity index (χ2n) is 5.47. The van der Waals surface area contributed by atoms with Gasteiger partial charge in [0.2, 0.25) is 5.43 Å². The molecule has 3 rings (SSSR count). The third kappa shape index (κ3) is 3.35. The molecule has 0 aliphatic heterocycles. The number of hydrogen-bond acceptors (Lipinski definition) is 4. The first-order valence-electron chi connectivity index (χ1n) is 7.60. The number of nitrogens with zero attached hydrogens (tertiary/aromatic N) is 2. The Balaban J connectivity index is 1.80. The standard InChI is InChI=1S/C19H15N3O3/c1-22(19(24)25-12-13-5-3-2-4-6-13)15-7-8-16-17(9-15)21-11-14(10-20)18(16)23/h2-9,11H,12H2,1H3,(H,21,23). The van der Waals surface area contributed by atoms with Crippen LogP contribution in [0.25, 0.3) is 10.9 Å². The number of benzene rings is 2. The summed E-state index contributed by atoms with van der Waals surface area (Å²) in [4.78, 5) is 28.6. The number of carbonyl (C=O) groups excluding carboxylic acids is 1. The molecular weight excluding hydrogens is 318 g/mol. The van der Waals surface area contributed by atoms with Crippen LogP contribution in [-0.4, -0.2) is 18.1 Å². The lowest BCUT2D eigenvalue weighted by molar-refractivity contribution is 0.148. The lowest BCUT2D eigenvalue weighted by Gasteiger charge is -2.17. The summed E-state index contributed by atoms with van der Waals surface area (Å²) in [5.41, 5.74) is 1.74. The van der Waals surface area contributed by atoms with Crippen LogP contribution in [-0.2, 0) is 11.3 Å². The number of fused-ring (bicyclic) bond motifs is 1. The van der Waals surface area contributed by atoms with Gasteiger partial charge in [-0.15, -0.1) is 0 Å². The lowest BCUT2D eigenvalue weighted by atomic mass is 10.1. The molecule has 0 bridgehead atoms.